The molecule has 0 aromatic heterocycles. The minimum absolute atomic E-state index is 0.625. The van der Waals surface area contributed by atoms with Crippen LogP contribution in [0.1, 0.15) is 38.5 Å². The van der Waals surface area contributed by atoms with E-state index >= 15 is 0 Å². The number of carboxylic acid groups (broad SMARTS) is 1. The second kappa shape index (κ2) is 5.67. The standard InChI is InChI=1S/C12H19B2NO2/c16-11(17)12(7-3-9-15-12)6-2-1-4-10-5-8-13-14-10/h5,8,13,15H,1-4,6-7,9H2,(H,16,17)/t12-/m1/s1. The molecule has 2 N–H and O–H groups in total. The van der Waals surface area contributed by atoms with Crippen molar-refractivity contribution in [3.05, 3.63) is 12.1 Å². The summed E-state index contributed by atoms with van der Waals surface area (Å²) in [7, 11) is 1.07. The molecule has 2 heterocycles. The zero-order valence-electron chi connectivity index (χ0n) is 10.2. The van der Waals surface area contributed by atoms with Gasteiger partial charge in [0.15, 0.2) is 0 Å². The van der Waals surface area contributed by atoms with E-state index in [1.807, 2.05) is 0 Å². The second-order valence-electron chi connectivity index (χ2n) is 5.04. The summed E-state index contributed by atoms with van der Waals surface area (Å²) in [4.78, 5) is 11.3. The average molecular weight is 231 g/mol. The van der Waals surface area contributed by atoms with Crippen molar-refractivity contribution >= 4 is 25.4 Å². The predicted octanol–water partition coefficient (Wildman–Crippen LogP) is 0.509. The number of hydrogen-bond donors (Lipinski definition) is 2. The van der Waals surface area contributed by atoms with Crippen LogP contribution in [0, 0.1) is 0 Å². The first-order valence-corrected chi connectivity index (χ1v) is 6.57. The van der Waals surface area contributed by atoms with Gasteiger partial charge in [0.05, 0.1) is 0 Å². The molecule has 0 aromatic rings. The number of allylic oxidation sites excluding steroid dienone is 1. The zero-order chi connectivity index (χ0) is 12.1. The number of carboxylic acids is 1. The molecule has 2 aliphatic rings. The van der Waals surface area contributed by atoms with Crippen LogP contribution in [0.15, 0.2) is 12.1 Å². The maximum absolute atomic E-state index is 11.3. The minimum atomic E-state index is -0.671. The molecule has 5 heteroatoms. The summed E-state index contributed by atoms with van der Waals surface area (Å²) < 4.78 is 0. The normalized spacial score (nSPS) is 26.5. The monoisotopic (exact) mass is 231 g/mol. The van der Waals surface area contributed by atoms with E-state index in [-0.39, 0.29) is 0 Å². The molecule has 1 saturated heterocycles. The average Bonchev–Trinajstić information content (AvgIpc) is 2.96. The van der Waals surface area contributed by atoms with Gasteiger partial charge in [0.2, 0.25) is 0 Å². The van der Waals surface area contributed by atoms with Gasteiger partial charge in [0.1, 0.15) is 0 Å². The SMILES string of the molecule is O=C(O)[C@@]1(CCCCC2=BBC=C2)CCCN1. The van der Waals surface area contributed by atoms with Gasteiger partial charge in [-0.05, 0) is 0 Å². The van der Waals surface area contributed by atoms with Crippen LogP contribution < -0.4 is 5.32 Å². The van der Waals surface area contributed by atoms with E-state index in [1.165, 1.54) is 5.46 Å². The van der Waals surface area contributed by atoms with Crippen LogP contribution in [0.5, 0.6) is 0 Å². The summed E-state index contributed by atoms with van der Waals surface area (Å²) in [6.45, 7) is 3.10. The molecule has 0 saturated carbocycles. The number of hydrogen-bond acceptors (Lipinski definition) is 2. The molecule has 0 unspecified atom stereocenters. The van der Waals surface area contributed by atoms with Gasteiger partial charge < -0.3 is 0 Å². The molecule has 0 bridgehead atoms. The molecule has 2 rings (SSSR count). The van der Waals surface area contributed by atoms with Gasteiger partial charge in [-0.25, -0.2) is 0 Å². The van der Waals surface area contributed by atoms with Gasteiger partial charge in [-0.3, -0.25) is 0 Å². The molecule has 0 radical (unpaired) electrons. The quantitative estimate of drug-likeness (QED) is 0.517. The van der Waals surface area contributed by atoms with E-state index in [2.05, 4.69) is 24.2 Å². The molecule has 0 spiro atoms. The molecular formula is C12H19B2NO2. The third kappa shape index (κ3) is 3.09. The Morgan fingerprint density at radius 2 is 2.47 bits per heavy atom. The zero-order valence-corrected chi connectivity index (χ0v) is 10.2. The third-order valence-corrected chi connectivity index (χ3v) is 3.82. The van der Waals surface area contributed by atoms with Gasteiger partial charge >= 0.3 is 103 Å². The molecule has 90 valence electrons. The van der Waals surface area contributed by atoms with Crippen molar-refractivity contribution in [1.29, 1.82) is 0 Å². The first-order valence-electron chi connectivity index (χ1n) is 6.57. The summed E-state index contributed by atoms with van der Waals surface area (Å²) in [5.41, 5.74) is 0.786. The first-order chi connectivity index (χ1) is 8.23. The number of carbonyl (C=O) groups is 1. The summed E-state index contributed by atoms with van der Waals surface area (Å²) in [6, 6.07) is 0. The molecule has 1 fully saturated rings. The van der Waals surface area contributed by atoms with Crippen molar-refractivity contribution in [2.45, 2.75) is 44.1 Å². The van der Waals surface area contributed by atoms with Gasteiger partial charge in [0, 0.05) is 0 Å². The van der Waals surface area contributed by atoms with Crippen molar-refractivity contribution in [2.24, 2.45) is 0 Å². The number of aliphatic carboxylic acids is 1. The Bertz CT molecular complexity index is 346. The van der Waals surface area contributed by atoms with E-state index in [1.54, 1.807) is 0 Å². The van der Waals surface area contributed by atoms with Crippen LogP contribution in [0.25, 0.3) is 0 Å². The van der Waals surface area contributed by atoms with E-state index in [0.717, 1.165) is 52.2 Å². The van der Waals surface area contributed by atoms with Crippen LogP contribution in [-0.2, 0) is 4.79 Å². The van der Waals surface area contributed by atoms with Gasteiger partial charge in [-0.2, -0.15) is 0 Å². The third-order valence-electron chi connectivity index (χ3n) is 3.82. The van der Waals surface area contributed by atoms with Crippen LogP contribution in [0.2, 0.25) is 0 Å². The van der Waals surface area contributed by atoms with Crippen LogP contribution in [-0.4, -0.2) is 42.6 Å². The Morgan fingerprint density at radius 3 is 3.06 bits per heavy atom. The van der Waals surface area contributed by atoms with Crippen molar-refractivity contribution in [3.8, 4) is 0 Å². The van der Waals surface area contributed by atoms with Gasteiger partial charge in [0.25, 0.3) is 0 Å². The van der Waals surface area contributed by atoms with E-state index in [4.69, 9.17) is 0 Å². The van der Waals surface area contributed by atoms with Gasteiger partial charge in [-0.15, -0.1) is 0 Å². The van der Waals surface area contributed by atoms with E-state index in [0.29, 0.717) is 0 Å². The topological polar surface area (TPSA) is 49.3 Å². The Balaban J connectivity index is 1.73. The second-order valence-corrected chi connectivity index (χ2v) is 5.04. The summed E-state index contributed by atoms with van der Waals surface area (Å²) in [5.74, 6) is 1.50. The summed E-state index contributed by atoms with van der Waals surface area (Å²) in [5, 5.41) is 12.5. The summed E-state index contributed by atoms with van der Waals surface area (Å²) >= 11 is 0. The molecule has 0 aliphatic carbocycles. The van der Waals surface area contributed by atoms with Crippen molar-refractivity contribution < 1.29 is 9.90 Å². The Kier molecular flexibility index (Phi) is 4.21. The van der Waals surface area contributed by atoms with Crippen LogP contribution in [0.3, 0.4) is 0 Å². The fourth-order valence-corrected chi connectivity index (χ4v) is 2.76. The summed E-state index contributed by atoms with van der Waals surface area (Å²) in [6.07, 6.45) is 7.88. The fourth-order valence-electron chi connectivity index (χ4n) is 2.76. The number of nitrogens with one attached hydrogen (secondary N) is 1. The number of rotatable bonds is 6. The maximum atomic E-state index is 11.3. The Hall–Kier alpha value is -0.830. The number of unbranched alkanes of at least 4 members (excludes halogenated alkanes) is 1. The Morgan fingerprint density at radius 1 is 1.59 bits per heavy atom. The molecular weight excluding hydrogens is 212 g/mol. The molecule has 0 amide bonds. The molecule has 17 heavy (non-hydrogen) atoms. The first kappa shape index (κ1) is 12.6. The van der Waals surface area contributed by atoms with Crippen LogP contribution >= 0.6 is 0 Å². The molecule has 1 atom stereocenters. The molecule has 3 nitrogen and oxygen atoms in total. The van der Waals surface area contributed by atoms with Crippen LogP contribution in [0.4, 0.5) is 0 Å². The Labute approximate surface area is 104 Å². The predicted molar refractivity (Wildman–Crippen MR) is 73.1 cm³/mol. The van der Waals surface area contributed by atoms with Crippen molar-refractivity contribution in [3.63, 3.8) is 0 Å². The van der Waals surface area contributed by atoms with Crippen molar-refractivity contribution in [2.75, 3.05) is 6.54 Å². The van der Waals surface area contributed by atoms with Gasteiger partial charge in [-0.1, -0.05) is 0 Å². The molecule has 0 aromatic carbocycles. The molecule has 2 aliphatic heterocycles. The van der Waals surface area contributed by atoms with Crippen molar-refractivity contribution in [1.82, 2.24) is 5.32 Å². The fraction of sp³-hybridized carbons (Fsp3) is 0.667. The van der Waals surface area contributed by atoms with E-state index < -0.39 is 11.5 Å². The van der Waals surface area contributed by atoms with E-state index in [9.17, 15) is 9.90 Å².